The van der Waals surface area contributed by atoms with E-state index in [4.69, 9.17) is 9.47 Å². The Morgan fingerprint density at radius 1 is 1.13 bits per heavy atom. The molecular formula is C18H25N2O3+. The average Bonchev–Trinajstić information content (AvgIpc) is 2.59. The van der Waals surface area contributed by atoms with E-state index in [1.54, 1.807) is 26.4 Å². The number of ether oxygens (including phenoxy) is 2. The summed E-state index contributed by atoms with van der Waals surface area (Å²) >= 11 is 0. The minimum absolute atomic E-state index is 0.0894. The number of methoxy groups -OCH3 is 2. The van der Waals surface area contributed by atoms with Crippen LogP contribution in [-0.4, -0.2) is 32.3 Å². The Labute approximate surface area is 136 Å². The Hall–Kier alpha value is -2.01. The van der Waals surface area contributed by atoms with E-state index in [0.717, 1.165) is 36.4 Å². The lowest BCUT2D eigenvalue weighted by atomic mass is 10.1. The van der Waals surface area contributed by atoms with Crippen LogP contribution in [0.2, 0.25) is 0 Å². The first kappa shape index (κ1) is 15.9. The van der Waals surface area contributed by atoms with Gasteiger partial charge in [-0.05, 0) is 32.3 Å². The van der Waals surface area contributed by atoms with Crippen LogP contribution in [0.25, 0.3) is 10.9 Å². The number of aromatic nitrogens is 1. The van der Waals surface area contributed by atoms with E-state index in [-0.39, 0.29) is 5.43 Å². The highest BCUT2D eigenvalue weighted by atomic mass is 16.5. The number of fused-ring (bicyclic) bond motifs is 1. The first-order chi connectivity index (χ1) is 11.1. The van der Waals surface area contributed by atoms with E-state index in [9.17, 15) is 4.79 Å². The van der Waals surface area contributed by atoms with Crippen LogP contribution < -0.4 is 19.8 Å². The molecule has 1 aliphatic rings. The number of likely N-dealkylation sites (tertiary alicyclic amines) is 1. The number of rotatable bonds is 4. The Morgan fingerprint density at radius 3 is 2.52 bits per heavy atom. The molecule has 0 amide bonds. The van der Waals surface area contributed by atoms with Gasteiger partial charge in [-0.1, -0.05) is 0 Å². The molecule has 0 saturated carbocycles. The van der Waals surface area contributed by atoms with E-state index in [2.05, 4.69) is 4.98 Å². The molecule has 3 rings (SSSR count). The quantitative estimate of drug-likeness (QED) is 0.897. The van der Waals surface area contributed by atoms with Crippen molar-refractivity contribution >= 4 is 10.9 Å². The summed E-state index contributed by atoms with van der Waals surface area (Å²) in [5.74, 6) is 1.27. The third-order valence-electron chi connectivity index (χ3n) is 4.80. The van der Waals surface area contributed by atoms with Crippen molar-refractivity contribution in [3.05, 3.63) is 33.6 Å². The first-order valence-electron chi connectivity index (χ1n) is 8.25. The second-order valence-corrected chi connectivity index (χ2v) is 6.30. The van der Waals surface area contributed by atoms with Gasteiger partial charge < -0.3 is 19.4 Å². The highest BCUT2D eigenvalue weighted by Gasteiger charge is 2.20. The van der Waals surface area contributed by atoms with Crippen molar-refractivity contribution in [1.82, 2.24) is 4.98 Å². The van der Waals surface area contributed by atoms with Gasteiger partial charge in [-0.3, -0.25) is 4.79 Å². The topological polar surface area (TPSA) is 55.8 Å². The molecule has 2 heterocycles. The number of hydrogen-bond acceptors (Lipinski definition) is 3. The zero-order chi connectivity index (χ0) is 16.4. The van der Waals surface area contributed by atoms with Crippen LogP contribution in [0.5, 0.6) is 11.5 Å². The predicted molar refractivity (Wildman–Crippen MR) is 90.7 cm³/mol. The number of aryl methyl sites for hydroxylation is 1. The number of piperidine rings is 1. The van der Waals surface area contributed by atoms with Crippen LogP contribution in [0.15, 0.2) is 16.9 Å². The fourth-order valence-electron chi connectivity index (χ4n) is 3.46. The van der Waals surface area contributed by atoms with E-state index >= 15 is 0 Å². The second kappa shape index (κ2) is 6.62. The lowest BCUT2D eigenvalue weighted by Crippen LogP contribution is -3.11. The van der Waals surface area contributed by atoms with Gasteiger partial charge in [0.2, 0.25) is 0 Å². The van der Waals surface area contributed by atoms with Crippen LogP contribution in [0.4, 0.5) is 0 Å². The van der Waals surface area contributed by atoms with E-state index in [1.165, 1.54) is 24.2 Å². The summed E-state index contributed by atoms with van der Waals surface area (Å²) < 4.78 is 10.7. The smallest absolute Gasteiger partial charge is 0.198 e. The lowest BCUT2D eigenvalue weighted by Gasteiger charge is -2.24. The van der Waals surface area contributed by atoms with Gasteiger partial charge in [-0.25, -0.2) is 0 Å². The van der Waals surface area contributed by atoms with Gasteiger partial charge in [0.1, 0.15) is 18.0 Å². The number of H-pyrrole nitrogens is 1. The number of hydrogen-bond donors (Lipinski definition) is 2. The van der Waals surface area contributed by atoms with Gasteiger partial charge >= 0.3 is 0 Å². The largest absolute Gasteiger partial charge is 0.497 e. The summed E-state index contributed by atoms with van der Waals surface area (Å²) in [6, 6.07) is 3.60. The maximum Gasteiger partial charge on any atom is 0.198 e. The summed E-state index contributed by atoms with van der Waals surface area (Å²) in [4.78, 5) is 17.9. The minimum Gasteiger partial charge on any atom is -0.497 e. The molecular weight excluding hydrogens is 292 g/mol. The highest BCUT2D eigenvalue weighted by molar-refractivity contribution is 5.86. The molecule has 5 heteroatoms. The molecule has 0 atom stereocenters. The fourth-order valence-corrected chi connectivity index (χ4v) is 3.46. The summed E-state index contributed by atoms with van der Waals surface area (Å²) in [5.41, 5.74) is 2.65. The monoisotopic (exact) mass is 317 g/mol. The molecule has 0 radical (unpaired) electrons. The Morgan fingerprint density at radius 2 is 1.87 bits per heavy atom. The highest BCUT2D eigenvalue weighted by Crippen LogP contribution is 2.28. The van der Waals surface area contributed by atoms with Crippen molar-refractivity contribution < 1.29 is 14.4 Å². The molecule has 2 N–H and O–H groups in total. The normalized spacial score (nSPS) is 15.8. The van der Waals surface area contributed by atoms with E-state index in [1.807, 2.05) is 6.92 Å². The predicted octanol–water partition coefficient (Wildman–Crippen LogP) is 1.42. The van der Waals surface area contributed by atoms with Gasteiger partial charge in [0.05, 0.1) is 43.8 Å². The summed E-state index contributed by atoms with van der Waals surface area (Å²) in [7, 11) is 3.20. The molecule has 1 aliphatic heterocycles. The maximum atomic E-state index is 13.0. The number of aromatic amines is 1. The second-order valence-electron chi connectivity index (χ2n) is 6.30. The molecule has 0 bridgehead atoms. The molecule has 1 saturated heterocycles. The van der Waals surface area contributed by atoms with Crippen LogP contribution in [0, 0.1) is 6.92 Å². The van der Waals surface area contributed by atoms with Gasteiger partial charge in [-0.2, -0.15) is 0 Å². The molecule has 2 aromatic rings. The fraction of sp³-hybridized carbons (Fsp3) is 0.500. The summed E-state index contributed by atoms with van der Waals surface area (Å²) in [5, 5.41) is 0.637. The van der Waals surface area contributed by atoms with Gasteiger partial charge in [0.15, 0.2) is 5.43 Å². The standard InChI is InChI=1S/C18H24N2O3/c1-12-15(11-20-7-5-4-6-8-20)18(21)14-9-13(22-2)10-16(23-3)17(14)19-12/h9-10H,4-8,11H2,1-3H3,(H,19,21)/p+1. The van der Waals surface area contributed by atoms with Crippen LogP contribution in [-0.2, 0) is 6.54 Å². The zero-order valence-corrected chi connectivity index (χ0v) is 14.1. The third kappa shape index (κ3) is 3.06. The van der Waals surface area contributed by atoms with Crippen molar-refractivity contribution in [1.29, 1.82) is 0 Å². The van der Waals surface area contributed by atoms with Crippen molar-refractivity contribution in [2.75, 3.05) is 27.3 Å². The number of benzene rings is 1. The minimum atomic E-state index is 0.0894. The Balaban J connectivity index is 2.10. The molecule has 1 aromatic heterocycles. The van der Waals surface area contributed by atoms with Crippen LogP contribution >= 0.6 is 0 Å². The zero-order valence-electron chi connectivity index (χ0n) is 14.1. The van der Waals surface area contributed by atoms with Gasteiger partial charge in [0.25, 0.3) is 0 Å². The molecule has 1 aromatic carbocycles. The van der Waals surface area contributed by atoms with Gasteiger partial charge in [-0.15, -0.1) is 0 Å². The molecule has 0 aliphatic carbocycles. The van der Waals surface area contributed by atoms with Crippen LogP contribution in [0.1, 0.15) is 30.5 Å². The van der Waals surface area contributed by atoms with Crippen molar-refractivity contribution in [2.24, 2.45) is 0 Å². The Bertz CT molecular complexity index is 761. The average molecular weight is 317 g/mol. The maximum absolute atomic E-state index is 13.0. The molecule has 0 unspecified atom stereocenters. The van der Waals surface area contributed by atoms with Crippen molar-refractivity contribution in [3.63, 3.8) is 0 Å². The summed E-state index contributed by atoms with van der Waals surface area (Å²) in [6.45, 7) is 5.07. The SMILES string of the molecule is COc1cc(OC)c2[nH]c(C)c(C[NH+]3CCCCC3)c(=O)c2c1. The molecule has 0 spiro atoms. The lowest BCUT2D eigenvalue weighted by molar-refractivity contribution is -0.918. The third-order valence-corrected chi connectivity index (χ3v) is 4.80. The Kier molecular flexibility index (Phi) is 4.57. The van der Waals surface area contributed by atoms with E-state index < -0.39 is 0 Å². The first-order valence-corrected chi connectivity index (χ1v) is 8.25. The molecule has 5 nitrogen and oxygen atoms in total. The number of quaternary nitrogens is 1. The van der Waals surface area contributed by atoms with Crippen LogP contribution in [0.3, 0.4) is 0 Å². The molecule has 23 heavy (non-hydrogen) atoms. The van der Waals surface area contributed by atoms with E-state index in [0.29, 0.717) is 16.9 Å². The number of nitrogens with one attached hydrogen (secondary N) is 2. The number of pyridine rings is 1. The molecule has 124 valence electrons. The molecule has 1 fully saturated rings. The van der Waals surface area contributed by atoms with Gasteiger partial charge in [0, 0.05) is 11.8 Å². The van der Waals surface area contributed by atoms with Crippen molar-refractivity contribution in [3.8, 4) is 11.5 Å². The summed E-state index contributed by atoms with van der Waals surface area (Å²) in [6.07, 6.45) is 3.81. The van der Waals surface area contributed by atoms with Crippen molar-refractivity contribution in [2.45, 2.75) is 32.7 Å².